The Bertz CT molecular complexity index is 1160. The molecule has 0 unspecified atom stereocenters. The molecule has 0 bridgehead atoms. The highest BCUT2D eigenvalue weighted by molar-refractivity contribution is 9.10. The van der Waals surface area contributed by atoms with E-state index in [1.54, 1.807) is 48.5 Å². The number of amides is 1. The molecule has 1 N–H and O–H groups in total. The fraction of sp³-hybridized carbons (Fsp3) is 0.0833. The van der Waals surface area contributed by atoms with Crippen molar-refractivity contribution in [3.05, 3.63) is 88.1 Å². The summed E-state index contributed by atoms with van der Waals surface area (Å²) in [6.07, 6.45) is 1.55. The Hall–Kier alpha value is -3.63. The summed E-state index contributed by atoms with van der Waals surface area (Å²) in [5.41, 5.74) is 1.63. The van der Waals surface area contributed by atoms with Crippen LogP contribution in [0.3, 0.4) is 0 Å². The van der Waals surface area contributed by atoms with Crippen LogP contribution in [0.2, 0.25) is 0 Å². The fourth-order valence-electron chi connectivity index (χ4n) is 2.80. The van der Waals surface area contributed by atoms with Crippen LogP contribution in [0.4, 0.5) is 10.1 Å². The number of carbonyl (C=O) groups is 1. The molecule has 5 nitrogen and oxygen atoms in total. The van der Waals surface area contributed by atoms with Gasteiger partial charge in [0, 0.05) is 15.7 Å². The van der Waals surface area contributed by atoms with Crippen molar-refractivity contribution in [3.8, 4) is 17.6 Å². The Balaban J connectivity index is 1.81. The Kier molecular flexibility index (Phi) is 7.41. The number of nitrogens with one attached hydrogen (secondary N) is 1. The summed E-state index contributed by atoms with van der Waals surface area (Å²) in [6, 6.07) is 20.4. The van der Waals surface area contributed by atoms with E-state index in [9.17, 15) is 14.4 Å². The highest BCUT2D eigenvalue weighted by Gasteiger charge is 2.14. The molecule has 0 spiro atoms. The number of hydrogen-bond donors (Lipinski definition) is 1. The molecule has 0 fully saturated rings. The van der Waals surface area contributed by atoms with Gasteiger partial charge in [0.2, 0.25) is 0 Å². The van der Waals surface area contributed by atoms with E-state index < -0.39 is 5.82 Å². The first-order valence-corrected chi connectivity index (χ1v) is 10.0. The summed E-state index contributed by atoms with van der Waals surface area (Å²) in [5.74, 6) is -0.0886. The molecule has 0 aliphatic rings. The number of halogens is 2. The molecular formula is C24H18BrFN2O3. The number of para-hydroxylation sites is 1. The number of nitriles is 1. The molecule has 0 aliphatic heterocycles. The van der Waals surface area contributed by atoms with Crippen molar-refractivity contribution in [1.82, 2.24) is 0 Å². The fourth-order valence-corrected chi connectivity index (χ4v) is 3.24. The van der Waals surface area contributed by atoms with Gasteiger partial charge < -0.3 is 14.8 Å². The van der Waals surface area contributed by atoms with E-state index in [0.717, 1.165) is 0 Å². The van der Waals surface area contributed by atoms with Gasteiger partial charge in [0.1, 0.15) is 5.82 Å². The average Bonchev–Trinajstić information content (AvgIpc) is 2.78. The minimum absolute atomic E-state index is 0.164. The van der Waals surface area contributed by atoms with Gasteiger partial charge in [0.25, 0.3) is 5.91 Å². The number of hydrogen-bond acceptors (Lipinski definition) is 4. The summed E-state index contributed by atoms with van der Waals surface area (Å²) in [5, 5.41) is 12.2. The van der Waals surface area contributed by atoms with Crippen molar-refractivity contribution >= 4 is 39.2 Å². The predicted molar refractivity (Wildman–Crippen MR) is 121 cm³/mol. The van der Waals surface area contributed by atoms with E-state index in [4.69, 9.17) is 9.47 Å². The van der Waals surface area contributed by atoms with Crippen molar-refractivity contribution in [2.75, 3.05) is 19.0 Å². The van der Waals surface area contributed by atoms with Crippen LogP contribution in [0.25, 0.3) is 11.6 Å². The zero-order valence-corrected chi connectivity index (χ0v) is 18.1. The minimum atomic E-state index is -0.484. The summed E-state index contributed by atoms with van der Waals surface area (Å²) in [7, 11) is 1.47. The second-order valence-corrected chi connectivity index (χ2v) is 7.23. The van der Waals surface area contributed by atoms with Crippen molar-refractivity contribution < 1.29 is 18.7 Å². The number of benzene rings is 3. The Morgan fingerprint density at radius 3 is 2.52 bits per heavy atom. The molecule has 7 heteroatoms. The zero-order chi connectivity index (χ0) is 22.2. The Morgan fingerprint density at radius 2 is 1.84 bits per heavy atom. The molecule has 0 atom stereocenters. The Labute approximate surface area is 187 Å². The van der Waals surface area contributed by atoms with Crippen LogP contribution in [-0.4, -0.2) is 19.6 Å². The molecule has 0 aliphatic carbocycles. The molecule has 1 amide bonds. The minimum Gasteiger partial charge on any atom is -0.493 e. The third-order valence-electron chi connectivity index (χ3n) is 4.28. The van der Waals surface area contributed by atoms with E-state index in [0.29, 0.717) is 27.2 Å². The smallest absolute Gasteiger partial charge is 0.262 e. The second-order valence-electron chi connectivity index (χ2n) is 6.38. The lowest BCUT2D eigenvalue weighted by atomic mass is 10.0. The summed E-state index contributed by atoms with van der Waals surface area (Å²) in [4.78, 5) is 12.1. The summed E-state index contributed by atoms with van der Waals surface area (Å²) < 4.78 is 25.7. The van der Waals surface area contributed by atoms with Crippen LogP contribution in [0.15, 0.2) is 71.2 Å². The molecule has 0 saturated heterocycles. The number of ether oxygens (including phenoxy) is 2. The summed E-state index contributed by atoms with van der Waals surface area (Å²) >= 11 is 3.44. The molecule has 0 heterocycles. The maximum atomic E-state index is 14.1. The zero-order valence-electron chi connectivity index (χ0n) is 16.6. The largest absolute Gasteiger partial charge is 0.493 e. The lowest BCUT2D eigenvalue weighted by molar-refractivity contribution is -0.118. The molecule has 0 radical (unpaired) electrons. The molecule has 3 aromatic carbocycles. The van der Waals surface area contributed by atoms with Gasteiger partial charge in [-0.25, -0.2) is 4.39 Å². The van der Waals surface area contributed by atoms with Crippen molar-refractivity contribution in [3.63, 3.8) is 0 Å². The standard InChI is InChI=1S/C24H18BrFN2O3/c1-30-22-12-16(11-17(14-27)19-9-5-6-10-21(19)26)20(25)13-23(22)31-15-24(29)28-18-7-3-2-4-8-18/h2-13H,15H2,1H3,(H,28,29)/b17-11-. The number of allylic oxidation sites excluding steroid dienone is 1. The van der Waals surface area contributed by atoms with E-state index in [2.05, 4.69) is 21.2 Å². The first-order valence-electron chi connectivity index (χ1n) is 9.23. The SMILES string of the molecule is COc1cc(/C=C(/C#N)c2ccccc2F)c(Br)cc1OCC(=O)Nc1ccccc1. The van der Waals surface area contributed by atoms with Gasteiger partial charge in [-0.2, -0.15) is 5.26 Å². The first-order chi connectivity index (χ1) is 15.0. The molecule has 0 saturated carbocycles. The van der Waals surface area contributed by atoms with E-state index in [1.807, 2.05) is 24.3 Å². The van der Waals surface area contributed by atoms with Crippen LogP contribution in [0.1, 0.15) is 11.1 Å². The third kappa shape index (κ3) is 5.71. The van der Waals surface area contributed by atoms with Gasteiger partial charge in [-0.05, 0) is 42.0 Å². The highest BCUT2D eigenvalue weighted by Crippen LogP contribution is 2.35. The normalized spacial score (nSPS) is 10.8. The quantitative estimate of drug-likeness (QED) is 0.348. The maximum absolute atomic E-state index is 14.1. The highest BCUT2D eigenvalue weighted by atomic mass is 79.9. The van der Waals surface area contributed by atoms with E-state index >= 15 is 0 Å². The van der Waals surface area contributed by atoms with Crippen LogP contribution in [-0.2, 0) is 4.79 Å². The Morgan fingerprint density at radius 1 is 1.13 bits per heavy atom. The van der Waals surface area contributed by atoms with Gasteiger partial charge in [-0.1, -0.05) is 52.3 Å². The third-order valence-corrected chi connectivity index (χ3v) is 4.97. The van der Waals surface area contributed by atoms with Gasteiger partial charge in [-0.3, -0.25) is 4.79 Å². The summed E-state index contributed by atoms with van der Waals surface area (Å²) in [6.45, 7) is -0.217. The van der Waals surface area contributed by atoms with Gasteiger partial charge in [0.05, 0.1) is 18.8 Å². The number of carbonyl (C=O) groups excluding carboxylic acids is 1. The lowest BCUT2D eigenvalue weighted by Crippen LogP contribution is -2.20. The van der Waals surface area contributed by atoms with Crippen LogP contribution >= 0.6 is 15.9 Å². The van der Waals surface area contributed by atoms with E-state index in [1.165, 1.54) is 13.2 Å². The van der Waals surface area contributed by atoms with E-state index in [-0.39, 0.29) is 23.7 Å². The number of rotatable bonds is 7. The van der Waals surface area contributed by atoms with Crippen molar-refractivity contribution in [2.24, 2.45) is 0 Å². The molecule has 156 valence electrons. The maximum Gasteiger partial charge on any atom is 0.262 e. The van der Waals surface area contributed by atoms with Crippen LogP contribution in [0, 0.1) is 17.1 Å². The molecule has 0 aromatic heterocycles. The molecule has 31 heavy (non-hydrogen) atoms. The van der Waals surface area contributed by atoms with Crippen LogP contribution in [0.5, 0.6) is 11.5 Å². The molecule has 3 rings (SSSR count). The second kappa shape index (κ2) is 10.4. The number of nitrogens with zero attached hydrogens (tertiary/aromatic N) is 1. The van der Waals surface area contributed by atoms with Gasteiger partial charge in [0.15, 0.2) is 18.1 Å². The molecular weight excluding hydrogens is 463 g/mol. The topological polar surface area (TPSA) is 71.3 Å². The van der Waals surface area contributed by atoms with Crippen molar-refractivity contribution in [2.45, 2.75) is 0 Å². The van der Waals surface area contributed by atoms with Gasteiger partial charge >= 0.3 is 0 Å². The van der Waals surface area contributed by atoms with Crippen LogP contribution < -0.4 is 14.8 Å². The monoisotopic (exact) mass is 480 g/mol. The number of methoxy groups -OCH3 is 1. The lowest BCUT2D eigenvalue weighted by Gasteiger charge is -2.13. The first kappa shape index (κ1) is 22.1. The molecule has 3 aromatic rings. The number of anilines is 1. The van der Waals surface area contributed by atoms with Gasteiger partial charge in [-0.15, -0.1) is 0 Å². The predicted octanol–water partition coefficient (Wildman–Crippen LogP) is 5.68. The average molecular weight is 481 g/mol. The van der Waals surface area contributed by atoms with Crippen molar-refractivity contribution in [1.29, 1.82) is 5.26 Å².